The number of nitrogens with zero attached hydrogens (tertiary/aromatic N) is 2. The Morgan fingerprint density at radius 2 is 2.53 bits per heavy atom. The van der Waals surface area contributed by atoms with Gasteiger partial charge in [-0.2, -0.15) is 0 Å². The number of rotatable bonds is 4. The van der Waals surface area contributed by atoms with Crippen molar-refractivity contribution in [2.45, 2.75) is 38.3 Å². The molecule has 1 aromatic rings. The van der Waals surface area contributed by atoms with Gasteiger partial charge >= 0.3 is 0 Å². The van der Waals surface area contributed by atoms with Crippen LogP contribution in [0.2, 0.25) is 0 Å². The van der Waals surface area contributed by atoms with Crippen molar-refractivity contribution in [1.82, 2.24) is 9.55 Å². The van der Waals surface area contributed by atoms with Crippen molar-refractivity contribution in [2.75, 3.05) is 13.7 Å². The Kier molecular flexibility index (Phi) is 3.38. The van der Waals surface area contributed by atoms with E-state index >= 15 is 0 Å². The van der Waals surface area contributed by atoms with Crippen LogP contribution >= 0.6 is 0 Å². The van der Waals surface area contributed by atoms with Crippen LogP contribution in [-0.2, 0) is 24.1 Å². The third kappa shape index (κ3) is 2.58. The summed E-state index contributed by atoms with van der Waals surface area (Å²) >= 11 is 0. The van der Waals surface area contributed by atoms with Crippen molar-refractivity contribution in [2.24, 2.45) is 5.73 Å². The van der Waals surface area contributed by atoms with Crippen molar-refractivity contribution >= 4 is 0 Å². The first kappa shape index (κ1) is 10.6. The van der Waals surface area contributed by atoms with Crippen LogP contribution in [0.5, 0.6) is 0 Å². The van der Waals surface area contributed by atoms with Gasteiger partial charge in [0.05, 0.1) is 5.69 Å². The van der Waals surface area contributed by atoms with Gasteiger partial charge in [0.15, 0.2) is 0 Å². The summed E-state index contributed by atoms with van der Waals surface area (Å²) in [6.07, 6.45) is 6.27. The Morgan fingerprint density at radius 1 is 1.67 bits per heavy atom. The third-order valence-corrected chi connectivity index (χ3v) is 2.86. The lowest BCUT2D eigenvalue weighted by molar-refractivity contribution is 0.195. The molecule has 0 aliphatic carbocycles. The predicted molar refractivity (Wildman–Crippen MR) is 58.7 cm³/mol. The van der Waals surface area contributed by atoms with Gasteiger partial charge in [-0.3, -0.25) is 0 Å². The van der Waals surface area contributed by atoms with Gasteiger partial charge in [0.1, 0.15) is 5.82 Å². The highest BCUT2D eigenvalue weighted by atomic mass is 16.5. The van der Waals surface area contributed by atoms with E-state index in [1.165, 1.54) is 11.5 Å². The second-order valence-corrected chi connectivity index (χ2v) is 4.20. The smallest absolute Gasteiger partial charge is 0.109 e. The van der Waals surface area contributed by atoms with Crippen LogP contribution in [0.1, 0.15) is 24.4 Å². The lowest BCUT2D eigenvalue weighted by Gasteiger charge is -2.19. The zero-order valence-corrected chi connectivity index (χ0v) is 9.28. The normalized spacial score (nSPS) is 20.3. The number of fused-ring (bicyclic) bond motifs is 1. The van der Waals surface area contributed by atoms with Crippen LogP contribution in [0, 0.1) is 0 Å². The first-order valence-corrected chi connectivity index (χ1v) is 5.59. The molecule has 1 atom stereocenters. The highest BCUT2D eigenvalue weighted by molar-refractivity contribution is 5.07. The van der Waals surface area contributed by atoms with Gasteiger partial charge in [0.2, 0.25) is 0 Å². The topological polar surface area (TPSA) is 53.1 Å². The molecule has 1 aromatic heterocycles. The maximum Gasteiger partial charge on any atom is 0.109 e. The molecule has 4 nitrogen and oxygen atoms in total. The summed E-state index contributed by atoms with van der Waals surface area (Å²) < 4.78 is 7.23. The fourth-order valence-corrected chi connectivity index (χ4v) is 2.05. The number of hydrogen-bond acceptors (Lipinski definition) is 3. The SMILES string of the molecule is COCCCc1cn2c(n1)CCC(N)C2. The second-order valence-electron chi connectivity index (χ2n) is 4.20. The number of ether oxygens (including phenoxy) is 1. The number of nitrogens with two attached hydrogens (primary N) is 1. The number of methoxy groups -OCH3 is 1. The molecule has 1 aliphatic heterocycles. The molecule has 0 bridgehead atoms. The van der Waals surface area contributed by atoms with Crippen LogP contribution in [0.25, 0.3) is 0 Å². The summed E-state index contributed by atoms with van der Waals surface area (Å²) in [7, 11) is 1.73. The Labute approximate surface area is 90.4 Å². The summed E-state index contributed by atoms with van der Waals surface area (Å²) in [4.78, 5) is 4.61. The summed E-state index contributed by atoms with van der Waals surface area (Å²) in [5.41, 5.74) is 7.09. The zero-order chi connectivity index (χ0) is 10.7. The van der Waals surface area contributed by atoms with E-state index in [0.717, 1.165) is 38.8 Å². The van der Waals surface area contributed by atoms with Crippen molar-refractivity contribution in [3.63, 3.8) is 0 Å². The number of aromatic nitrogens is 2. The Balaban J connectivity index is 1.96. The highest BCUT2D eigenvalue weighted by Gasteiger charge is 2.16. The van der Waals surface area contributed by atoms with Crippen molar-refractivity contribution in [3.8, 4) is 0 Å². The zero-order valence-electron chi connectivity index (χ0n) is 9.28. The molecular formula is C11H19N3O. The predicted octanol–water partition coefficient (Wildman–Crippen LogP) is 0.736. The Morgan fingerprint density at radius 3 is 3.33 bits per heavy atom. The summed E-state index contributed by atoms with van der Waals surface area (Å²) in [6.45, 7) is 1.73. The lowest BCUT2D eigenvalue weighted by atomic mass is 10.1. The molecule has 2 rings (SSSR count). The van der Waals surface area contributed by atoms with Gasteiger partial charge < -0.3 is 15.0 Å². The largest absolute Gasteiger partial charge is 0.385 e. The molecule has 4 heteroatoms. The van der Waals surface area contributed by atoms with E-state index in [1.807, 2.05) is 0 Å². The van der Waals surface area contributed by atoms with E-state index in [4.69, 9.17) is 10.5 Å². The first-order chi connectivity index (χ1) is 7.29. The van der Waals surface area contributed by atoms with Gasteiger partial charge in [-0.25, -0.2) is 4.98 Å². The van der Waals surface area contributed by atoms with E-state index in [-0.39, 0.29) is 0 Å². The van der Waals surface area contributed by atoms with Crippen LogP contribution in [0.3, 0.4) is 0 Å². The van der Waals surface area contributed by atoms with E-state index in [1.54, 1.807) is 7.11 Å². The highest BCUT2D eigenvalue weighted by Crippen LogP contribution is 2.14. The van der Waals surface area contributed by atoms with E-state index in [2.05, 4.69) is 15.7 Å². The number of aryl methyl sites for hydroxylation is 2. The average molecular weight is 209 g/mol. The van der Waals surface area contributed by atoms with Crippen LogP contribution in [0.15, 0.2) is 6.20 Å². The Bertz CT molecular complexity index is 322. The minimum absolute atomic E-state index is 0.304. The molecule has 15 heavy (non-hydrogen) atoms. The minimum Gasteiger partial charge on any atom is -0.385 e. The quantitative estimate of drug-likeness (QED) is 0.744. The van der Waals surface area contributed by atoms with Crippen LogP contribution in [-0.4, -0.2) is 29.3 Å². The van der Waals surface area contributed by atoms with Gasteiger partial charge in [0, 0.05) is 38.9 Å². The van der Waals surface area contributed by atoms with Crippen LogP contribution < -0.4 is 5.73 Å². The lowest BCUT2D eigenvalue weighted by Crippen LogP contribution is -2.31. The molecule has 0 fully saturated rings. The molecule has 0 amide bonds. The fourth-order valence-electron chi connectivity index (χ4n) is 2.05. The van der Waals surface area contributed by atoms with E-state index in [9.17, 15) is 0 Å². The van der Waals surface area contributed by atoms with Crippen molar-refractivity contribution in [1.29, 1.82) is 0 Å². The molecule has 1 aliphatic rings. The standard InChI is InChI=1S/C11H19N3O/c1-15-6-2-3-10-8-14-7-9(12)4-5-11(14)13-10/h8-9H,2-7,12H2,1H3. The molecule has 84 valence electrons. The molecular weight excluding hydrogens is 190 g/mol. The minimum atomic E-state index is 0.304. The van der Waals surface area contributed by atoms with Gasteiger partial charge in [-0.1, -0.05) is 0 Å². The third-order valence-electron chi connectivity index (χ3n) is 2.86. The van der Waals surface area contributed by atoms with Gasteiger partial charge in [-0.15, -0.1) is 0 Å². The molecule has 0 saturated carbocycles. The molecule has 1 unspecified atom stereocenters. The second kappa shape index (κ2) is 4.77. The van der Waals surface area contributed by atoms with Gasteiger partial charge in [0.25, 0.3) is 0 Å². The molecule has 2 N–H and O–H groups in total. The van der Waals surface area contributed by atoms with Gasteiger partial charge in [-0.05, 0) is 19.3 Å². The molecule has 0 saturated heterocycles. The molecule has 0 radical (unpaired) electrons. The van der Waals surface area contributed by atoms with Crippen molar-refractivity contribution in [3.05, 3.63) is 17.7 Å². The van der Waals surface area contributed by atoms with E-state index < -0.39 is 0 Å². The average Bonchev–Trinajstić information content (AvgIpc) is 2.60. The summed E-state index contributed by atoms with van der Waals surface area (Å²) in [6, 6.07) is 0.304. The number of imidazole rings is 1. The monoisotopic (exact) mass is 209 g/mol. The van der Waals surface area contributed by atoms with Crippen LogP contribution in [0.4, 0.5) is 0 Å². The summed E-state index contributed by atoms with van der Waals surface area (Å²) in [5.74, 6) is 1.20. The Hall–Kier alpha value is -0.870. The molecule has 2 heterocycles. The maximum atomic E-state index is 5.91. The van der Waals surface area contributed by atoms with E-state index in [0.29, 0.717) is 6.04 Å². The fraction of sp³-hybridized carbons (Fsp3) is 0.727. The molecule has 0 spiro atoms. The number of hydrogen-bond donors (Lipinski definition) is 1. The summed E-state index contributed by atoms with van der Waals surface area (Å²) in [5, 5.41) is 0. The van der Waals surface area contributed by atoms with Crippen molar-refractivity contribution < 1.29 is 4.74 Å². The maximum absolute atomic E-state index is 5.91. The first-order valence-electron chi connectivity index (χ1n) is 5.59. The molecule has 0 aromatic carbocycles.